The smallest absolute Gasteiger partial charge is 0.305 e. The van der Waals surface area contributed by atoms with Crippen LogP contribution >= 0.6 is 0 Å². The minimum absolute atomic E-state index is 0.101. The summed E-state index contributed by atoms with van der Waals surface area (Å²) in [6.45, 7) is 5.06. The molecule has 0 aliphatic carbocycles. The molecule has 1 aliphatic rings. The van der Waals surface area contributed by atoms with Gasteiger partial charge < -0.3 is 15.0 Å². The summed E-state index contributed by atoms with van der Waals surface area (Å²) in [7, 11) is 1.59. The fourth-order valence-electron chi connectivity index (χ4n) is 2.47. The summed E-state index contributed by atoms with van der Waals surface area (Å²) in [5, 5.41) is 14.0. The van der Waals surface area contributed by atoms with Crippen LogP contribution < -0.4 is 5.32 Å². The molecule has 1 aliphatic heterocycles. The highest BCUT2D eigenvalue weighted by Gasteiger charge is 2.33. The predicted molar refractivity (Wildman–Crippen MR) is 78.6 cm³/mol. The van der Waals surface area contributed by atoms with Gasteiger partial charge in [-0.05, 0) is 26.0 Å². The lowest BCUT2D eigenvalue weighted by Gasteiger charge is -2.38. The first-order valence-electron chi connectivity index (χ1n) is 6.74. The van der Waals surface area contributed by atoms with Gasteiger partial charge in [-0.1, -0.05) is 6.07 Å². The number of morpholine rings is 1. The van der Waals surface area contributed by atoms with Crippen molar-refractivity contribution >= 4 is 17.3 Å². The van der Waals surface area contributed by atoms with Gasteiger partial charge in [-0.2, -0.15) is 0 Å². The molecule has 0 spiro atoms. The van der Waals surface area contributed by atoms with E-state index in [2.05, 4.69) is 5.32 Å². The molecule has 1 aromatic rings. The molecule has 7 nitrogen and oxygen atoms in total. The van der Waals surface area contributed by atoms with Crippen molar-refractivity contribution in [3.8, 4) is 0 Å². The molecule has 2 rings (SSSR count). The Labute approximate surface area is 123 Å². The van der Waals surface area contributed by atoms with Crippen molar-refractivity contribution in [2.45, 2.75) is 19.4 Å². The van der Waals surface area contributed by atoms with Crippen molar-refractivity contribution < 1.29 is 14.5 Å². The van der Waals surface area contributed by atoms with E-state index in [4.69, 9.17) is 4.74 Å². The van der Waals surface area contributed by atoms with Gasteiger partial charge in [0.2, 0.25) is 0 Å². The summed E-state index contributed by atoms with van der Waals surface area (Å²) in [6, 6.07) is 4.71. The van der Waals surface area contributed by atoms with Crippen LogP contribution in [-0.2, 0) is 4.74 Å². The van der Waals surface area contributed by atoms with Crippen LogP contribution in [0.2, 0.25) is 0 Å². The second-order valence-corrected chi connectivity index (χ2v) is 5.54. The zero-order valence-corrected chi connectivity index (χ0v) is 12.4. The number of hydrogen-bond donors (Lipinski definition) is 1. The molecule has 114 valence electrons. The Morgan fingerprint density at radius 3 is 2.76 bits per heavy atom. The summed E-state index contributed by atoms with van der Waals surface area (Å²) in [6.07, 6.45) is 0. The molecule has 0 aromatic heterocycles. The van der Waals surface area contributed by atoms with Crippen LogP contribution in [0.15, 0.2) is 18.2 Å². The molecule has 0 saturated carbocycles. The number of rotatable bonds is 3. The van der Waals surface area contributed by atoms with Gasteiger partial charge >= 0.3 is 5.69 Å². The van der Waals surface area contributed by atoms with Crippen LogP contribution in [0.5, 0.6) is 0 Å². The van der Waals surface area contributed by atoms with Crippen molar-refractivity contribution in [1.82, 2.24) is 4.90 Å². The Balaban J connectivity index is 2.37. The molecule has 0 bridgehead atoms. The van der Waals surface area contributed by atoms with E-state index in [9.17, 15) is 14.9 Å². The number of nitro benzene ring substituents is 1. The number of ether oxygens (including phenoxy) is 1. The third kappa shape index (κ3) is 3.13. The van der Waals surface area contributed by atoms with Gasteiger partial charge in [0.15, 0.2) is 0 Å². The van der Waals surface area contributed by atoms with E-state index in [1.54, 1.807) is 24.1 Å². The fraction of sp³-hybridized carbons (Fsp3) is 0.500. The van der Waals surface area contributed by atoms with Crippen LogP contribution in [0.25, 0.3) is 0 Å². The number of hydrogen-bond acceptors (Lipinski definition) is 5. The van der Waals surface area contributed by atoms with E-state index >= 15 is 0 Å². The summed E-state index contributed by atoms with van der Waals surface area (Å²) < 4.78 is 5.56. The van der Waals surface area contributed by atoms with E-state index in [1.165, 1.54) is 6.07 Å². The van der Waals surface area contributed by atoms with Gasteiger partial charge in [-0.3, -0.25) is 14.9 Å². The van der Waals surface area contributed by atoms with Gasteiger partial charge in [0.25, 0.3) is 5.91 Å². The lowest BCUT2D eigenvalue weighted by atomic mass is 10.0. The zero-order chi connectivity index (χ0) is 15.6. The Bertz CT molecular complexity index is 571. The summed E-state index contributed by atoms with van der Waals surface area (Å²) in [4.78, 5) is 25.0. The third-order valence-electron chi connectivity index (χ3n) is 3.43. The number of para-hydroxylation sites is 1. The van der Waals surface area contributed by atoms with E-state index in [0.717, 1.165) is 0 Å². The van der Waals surface area contributed by atoms with Crippen LogP contribution in [0, 0.1) is 10.1 Å². The lowest BCUT2D eigenvalue weighted by molar-refractivity contribution is -0.384. The van der Waals surface area contributed by atoms with Crippen molar-refractivity contribution in [3.05, 3.63) is 33.9 Å². The highest BCUT2D eigenvalue weighted by molar-refractivity contribution is 6.00. The van der Waals surface area contributed by atoms with Gasteiger partial charge in [0.1, 0.15) is 11.3 Å². The third-order valence-corrected chi connectivity index (χ3v) is 3.43. The Morgan fingerprint density at radius 2 is 2.19 bits per heavy atom. The van der Waals surface area contributed by atoms with E-state index < -0.39 is 10.5 Å². The molecule has 1 heterocycles. The van der Waals surface area contributed by atoms with E-state index in [1.807, 2.05) is 13.8 Å². The van der Waals surface area contributed by atoms with Gasteiger partial charge in [0, 0.05) is 20.1 Å². The molecule has 0 unspecified atom stereocenters. The molecule has 1 aromatic carbocycles. The standard InChI is InChI=1S/C14H19N3O4/c1-14(2)9-16(7-8-21-14)13(18)10-5-4-6-11(15-3)12(10)17(19)20/h4-6,15H,7-9H2,1-3H3. The monoisotopic (exact) mass is 293 g/mol. The predicted octanol–water partition coefficient (Wildman–Crippen LogP) is 1.89. The van der Waals surface area contributed by atoms with Crippen molar-refractivity contribution in [1.29, 1.82) is 0 Å². The van der Waals surface area contributed by atoms with E-state index in [0.29, 0.717) is 25.4 Å². The van der Waals surface area contributed by atoms with Crippen LogP contribution in [-0.4, -0.2) is 48.1 Å². The SMILES string of the molecule is CNc1cccc(C(=O)N2CCOC(C)(C)C2)c1[N+](=O)[O-]. The highest BCUT2D eigenvalue weighted by Crippen LogP contribution is 2.30. The second-order valence-electron chi connectivity index (χ2n) is 5.54. The molecule has 0 radical (unpaired) electrons. The van der Waals surface area contributed by atoms with Gasteiger partial charge in [-0.15, -0.1) is 0 Å². The Hall–Kier alpha value is -2.15. The molecule has 0 atom stereocenters. The average molecular weight is 293 g/mol. The number of benzene rings is 1. The first-order chi connectivity index (χ1) is 9.85. The number of nitrogens with one attached hydrogen (secondary N) is 1. The average Bonchev–Trinajstić information content (AvgIpc) is 2.44. The summed E-state index contributed by atoms with van der Waals surface area (Å²) in [5.74, 6) is -0.338. The summed E-state index contributed by atoms with van der Waals surface area (Å²) in [5.41, 5.74) is -0.194. The molecule has 1 amide bonds. The molecular weight excluding hydrogens is 274 g/mol. The maximum atomic E-state index is 12.6. The number of carbonyl (C=O) groups excluding carboxylic acids is 1. The van der Waals surface area contributed by atoms with E-state index in [-0.39, 0.29) is 17.2 Å². The number of nitro groups is 1. The normalized spacial score (nSPS) is 17.4. The number of amides is 1. The molecule has 1 fully saturated rings. The maximum absolute atomic E-state index is 12.6. The Kier molecular flexibility index (Phi) is 4.13. The number of carbonyl (C=O) groups is 1. The topological polar surface area (TPSA) is 84.7 Å². The number of anilines is 1. The molecule has 21 heavy (non-hydrogen) atoms. The molecule has 1 saturated heterocycles. The highest BCUT2D eigenvalue weighted by atomic mass is 16.6. The van der Waals surface area contributed by atoms with Gasteiger partial charge in [-0.25, -0.2) is 0 Å². The minimum atomic E-state index is -0.523. The quantitative estimate of drug-likeness (QED) is 0.679. The van der Waals surface area contributed by atoms with Gasteiger partial charge in [0.05, 0.1) is 17.1 Å². The first-order valence-corrected chi connectivity index (χ1v) is 6.74. The van der Waals surface area contributed by atoms with Crippen LogP contribution in [0.3, 0.4) is 0 Å². The molecular formula is C14H19N3O4. The maximum Gasteiger partial charge on any atom is 0.305 e. The second kappa shape index (κ2) is 5.69. The molecule has 1 N–H and O–H groups in total. The van der Waals surface area contributed by atoms with Crippen molar-refractivity contribution in [2.75, 3.05) is 32.1 Å². The fourth-order valence-corrected chi connectivity index (χ4v) is 2.47. The first kappa shape index (κ1) is 15.2. The minimum Gasteiger partial charge on any atom is -0.383 e. The lowest BCUT2D eigenvalue weighted by Crippen LogP contribution is -2.50. The number of nitrogens with zero attached hydrogens (tertiary/aromatic N) is 2. The largest absolute Gasteiger partial charge is 0.383 e. The van der Waals surface area contributed by atoms with Crippen molar-refractivity contribution in [3.63, 3.8) is 0 Å². The van der Waals surface area contributed by atoms with Crippen molar-refractivity contribution in [2.24, 2.45) is 0 Å². The zero-order valence-electron chi connectivity index (χ0n) is 12.4. The van der Waals surface area contributed by atoms with Crippen LogP contribution in [0.4, 0.5) is 11.4 Å². The molecule has 7 heteroatoms. The van der Waals surface area contributed by atoms with Crippen LogP contribution in [0.1, 0.15) is 24.2 Å². The summed E-state index contributed by atoms with van der Waals surface area (Å²) >= 11 is 0. The Morgan fingerprint density at radius 1 is 1.48 bits per heavy atom.